The van der Waals surface area contributed by atoms with Gasteiger partial charge >= 0.3 is 12.2 Å². The number of rotatable bonds is 25. The van der Waals surface area contributed by atoms with Gasteiger partial charge in [-0.3, -0.25) is 4.79 Å². The van der Waals surface area contributed by atoms with E-state index in [-0.39, 0.29) is 23.9 Å². The maximum Gasteiger partial charge on any atom is 0.408 e. The molecule has 0 bridgehead atoms. The van der Waals surface area contributed by atoms with Crippen molar-refractivity contribution in [3.05, 3.63) is 29.0 Å². The number of hydrogen-bond donors (Lipinski definition) is 3. The number of aromatic nitrogens is 1. The van der Waals surface area contributed by atoms with Crippen LogP contribution in [0.4, 0.5) is 9.59 Å². The number of nitrogens with one attached hydrogen (secondary N) is 3. The van der Waals surface area contributed by atoms with Crippen molar-refractivity contribution in [1.82, 2.24) is 20.9 Å². The Kier molecular flexibility index (Phi) is 23.1. The Morgan fingerprint density at radius 1 is 0.791 bits per heavy atom. The number of methoxy groups -OCH3 is 1. The largest absolute Gasteiger partial charge is 0.447 e. The van der Waals surface area contributed by atoms with Gasteiger partial charge in [-0.25, -0.2) is 14.6 Å². The summed E-state index contributed by atoms with van der Waals surface area (Å²) in [6, 6.07) is 3.11. The van der Waals surface area contributed by atoms with E-state index in [0.717, 1.165) is 12.8 Å². The summed E-state index contributed by atoms with van der Waals surface area (Å²) in [5.41, 5.74) is 0.191. The quantitative estimate of drug-likeness (QED) is 0.0581. The summed E-state index contributed by atoms with van der Waals surface area (Å²) in [6.07, 6.45) is 19.7. The van der Waals surface area contributed by atoms with Crippen LogP contribution in [0.2, 0.25) is 5.15 Å². The molecule has 3 amide bonds. The number of halogens is 1. The molecular weight excluding hydrogens is 572 g/mol. The van der Waals surface area contributed by atoms with Crippen molar-refractivity contribution in [3.63, 3.8) is 0 Å². The summed E-state index contributed by atoms with van der Waals surface area (Å²) in [5.74, 6) is -0.486. The van der Waals surface area contributed by atoms with E-state index in [0.29, 0.717) is 6.54 Å². The molecule has 246 valence electrons. The fourth-order valence-electron chi connectivity index (χ4n) is 4.52. The normalized spacial score (nSPS) is 12.3. The summed E-state index contributed by atoms with van der Waals surface area (Å²) < 4.78 is 15.5. The Morgan fingerprint density at radius 2 is 1.30 bits per heavy atom. The highest BCUT2D eigenvalue weighted by Crippen LogP contribution is 2.14. The highest BCUT2D eigenvalue weighted by molar-refractivity contribution is 6.32. The lowest BCUT2D eigenvalue weighted by Gasteiger charge is -2.18. The molecule has 0 saturated carbocycles. The molecule has 2 unspecified atom stereocenters. The summed E-state index contributed by atoms with van der Waals surface area (Å²) in [4.78, 5) is 40.2. The monoisotopic (exact) mass is 626 g/mol. The molecule has 0 aliphatic heterocycles. The topological polar surface area (TPSA) is 128 Å². The standard InChI is InChI=1S/C32H55ClN4O6/c1-4-5-6-7-8-9-10-11-12-13-14-15-16-17-18-19-22-35-31(39)42-24-27(41-3)25-43-32(40)37-26(2)36-30(38)28-21-20-23-34-29(28)33/h20-21,23,26-27H,4-19,22,24-25H2,1-3H3,(H,35,39)(H,36,38)(H,37,40). The lowest BCUT2D eigenvalue weighted by molar-refractivity contribution is -0.00495. The van der Waals surface area contributed by atoms with Gasteiger partial charge in [-0.05, 0) is 25.5 Å². The van der Waals surface area contributed by atoms with Crippen molar-refractivity contribution >= 4 is 29.7 Å². The predicted molar refractivity (Wildman–Crippen MR) is 170 cm³/mol. The molecule has 2 atom stereocenters. The zero-order valence-corrected chi connectivity index (χ0v) is 27.4. The number of amides is 3. The Morgan fingerprint density at radius 3 is 1.81 bits per heavy atom. The number of pyridine rings is 1. The van der Waals surface area contributed by atoms with Gasteiger partial charge in [0, 0.05) is 19.9 Å². The molecule has 1 aromatic rings. The summed E-state index contributed by atoms with van der Waals surface area (Å²) in [5, 5.41) is 7.88. The van der Waals surface area contributed by atoms with Crippen LogP contribution in [0.3, 0.4) is 0 Å². The molecule has 1 heterocycles. The number of nitrogens with zero attached hydrogens (tertiary/aromatic N) is 1. The van der Waals surface area contributed by atoms with Crippen molar-refractivity contribution in [2.45, 2.75) is 129 Å². The van der Waals surface area contributed by atoms with Crippen LogP contribution in [-0.2, 0) is 14.2 Å². The second kappa shape index (κ2) is 25.9. The molecule has 11 heteroatoms. The minimum atomic E-state index is -0.764. The van der Waals surface area contributed by atoms with Crippen molar-refractivity contribution in [2.24, 2.45) is 0 Å². The Bertz CT molecular complexity index is 891. The molecule has 0 aliphatic carbocycles. The van der Waals surface area contributed by atoms with Gasteiger partial charge in [-0.15, -0.1) is 0 Å². The predicted octanol–water partition coefficient (Wildman–Crippen LogP) is 7.54. The maximum atomic E-state index is 12.3. The minimum absolute atomic E-state index is 0.0618. The number of carbonyl (C=O) groups is 3. The van der Waals surface area contributed by atoms with E-state index in [1.807, 2.05) is 0 Å². The fourth-order valence-corrected chi connectivity index (χ4v) is 4.73. The highest BCUT2D eigenvalue weighted by Gasteiger charge is 2.17. The van der Waals surface area contributed by atoms with Gasteiger partial charge in [-0.2, -0.15) is 0 Å². The second-order valence-corrected chi connectivity index (χ2v) is 11.3. The van der Waals surface area contributed by atoms with Crippen LogP contribution in [0.5, 0.6) is 0 Å². The van der Waals surface area contributed by atoms with E-state index in [9.17, 15) is 14.4 Å². The number of hydrogen-bond acceptors (Lipinski definition) is 7. The van der Waals surface area contributed by atoms with Crippen LogP contribution in [0.15, 0.2) is 18.3 Å². The lowest BCUT2D eigenvalue weighted by atomic mass is 10.0. The molecule has 0 spiro atoms. The lowest BCUT2D eigenvalue weighted by Crippen LogP contribution is -2.46. The van der Waals surface area contributed by atoms with E-state index in [1.165, 1.54) is 109 Å². The number of ether oxygens (including phenoxy) is 3. The Labute approximate surface area is 263 Å². The maximum absolute atomic E-state index is 12.3. The third-order valence-electron chi connectivity index (χ3n) is 7.12. The minimum Gasteiger partial charge on any atom is -0.447 e. The van der Waals surface area contributed by atoms with E-state index in [2.05, 4.69) is 27.9 Å². The van der Waals surface area contributed by atoms with E-state index >= 15 is 0 Å². The third kappa shape index (κ3) is 20.9. The molecule has 0 saturated heterocycles. The molecule has 1 rings (SSSR count). The highest BCUT2D eigenvalue weighted by atomic mass is 35.5. The molecule has 3 N–H and O–H groups in total. The molecule has 0 aromatic carbocycles. The Hall–Kier alpha value is -2.59. The molecule has 10 nitrogen and oxygen atoms in total. The summed E-state index contributed by atoms with van der Waals surface area (Å²) in [7, 11) is 1.43. The Balaban J connectivity index is 1.99. The molecule has 0 aliphatic rings. The average Bonchev–Trinajstić information content (AvgIpc) is 2.98. The van der Waals surface area contributed by atoms with Gasteiger partial charge in [-0.1, -0.05) is 115 Å². The first-order chi connectivity index (χ1) is 20.9. The van der Waals surface area contributed by atoms with Crippen LogP contribution >= 0.6 is 11.6 Å². The van der Waals surface area contributed by atoms with Gasteiger partial charge in [0.2, 0.25) is 0 Å². The first-order valence-corrected chi connectivity index (χ1v) is 16.5. The summed E-state index contributed by atoms with van der Waals surface area (Å²) >= 11 is 5.91. The zero-order chi connectivity index (χ0) is 31.5. The second-order valence-electron chi connectivity index (χ2n) is 11.0. The van der Waals surface area contributed by atoms with E-state index < -0.39 is 30.4 Å². The van der Waals surface area contributed by atoms with Crippen LogP contribution < -0.4 is 16.0 Å². The van der Waals surface area contributed by atoms with Crippen molar-refractivity contribution < 1.29 is 28.6 Å². The average molecular weight is 627 g/mol. The molecule has 0 radical (unpaired) electrons. The SMILES string of the molecule is CCCCCCCCCCCCCCCCCCNC(=O)OCC(COC(=O)NC(C)NC(=O)c1cccnc1Cl)OC. The molecule has 1 aromatic heterocycles. The van der Waals surface area contributed by atoms with E-state index in [4.69, 9.17) is 25.8 Å². The molecular formula is C32H55ClN4O6. The van der Waals surface area contributed by atoms with Crippen LogP contribution in [-0.4, -0.2) is 62.2 Å². The fraction of sp³-hybridized carbons (Fsp3) is 0.750. The van der Waals surface area contributed by atoms with Crippen molar-refractivity contribution in [3.8, 4) is 0 Å². The summed E-state index contributed by atoms with van der Waals surface area (Å²) in [6.45, 7) is 4.19. The van der Waals surface area contributed by atoms with Gasteiger partial charge in [0.25, 0.3) is 5.91 Å². The third-order valence-corrected chi connectivity index (χ3v) is 7.42. The smallest absolute Gasteiger partial charge is 0.408 e. The molecule has 0 fully saturated rings. The first-order valence-electron chi connectivity index (χ1n) is 16.1. The van der Waals surface area contributed by atoms with Crippen LogP contribution in [0, 0.1) is 0 Å². The van der Waals surface area contributed by atoms with Crippen molar-refractivity contribution in [2.75, 3.05) is 26.9 Å². The van der Waals surface area contributed by atoms with Crippen LogP contribution in [0.1, 0.15) is 127 Å². The van der Waals surface area contributed by atoms with E-state index in [1.54, 1.807) is 13.0 Å². The van der Waals surface area contributed by atoms with Crippen LogP contribution in [0.25, 0.3) is 0 Å². The molecule has 43 heavy (non-hydrogen) atoms. The number of alkyl carbamates (subject to hydrolysis) is 2. The number of unbranched alkanes of at least 4 members (excludes halogenated alkanes) is 15. The first kappa shape index (κ1) is 38.4. The number of carbonyl (C=O) groups excluding carboxylic acids is 3. The van der Waals surface area contributed by atoms with Gasteiger partial charge in [0.1, 0.15) is 30.6 Å². The zero-order valence-electron chi connectivity index (χ0n) is 26.6. The van der Waals surface area contributed by atoms with Gasteiger partial charge < -0.3 is 30.2 Å². The van der Waals surface area contributed by atoms with Gasteiger partial charge in [0.15, 0.2) is 0 Å². The van der Waals surface area contributed by atoms with Crippen molar-refractivity contribution in [1.29, 1.82) is 0 Å². The van der Waals surface area contributed by atoms with Gasteiger partial charge in [0.05, 0.1) is 5.56 Å².